The molecule has 3 nitrogen and oxygen atoms in total. The number of H-pyrrole nitrogens is 1. The monoisotopic (exact) mass is 269 g/mol. The third kappa shape index (κ3) is 2.78. The van der Waals surface area contributed by atoms with Gasteiger partial charge in [-0.3, -0.25) is 5.10 Å². The Labute approximate surface area is 108 Å². The molecule has 0 aliphatic carbocycles. The van der Waals surface area contributed by atoms with E-state index in [9.17, 15) is 13.2 Å². The fourth-order valence-corrected chi connectivity index (χ4v) is 1.94. The highest BCUT2D eigenvalue weighted by Gasteiger charge is 2.37. The Hall–Kier alpha value is -1.82. The van der Waals surface area contributed by atoms with E-state index in [2.05, 4.69) is 10.2 Å². The van der Waals surface area contributed by atoms with Crippen LogP contribution in [-0.4, -0.2) is 16.7 Å². The molecule has 0 aliphatic rings. The van der Waals surface area contributed by atoms with Crippen molar-refractivity contribution in [3.05, 3.63) is 41.1 Å². The topological polar surface area (TPSA) is 54.7 Å². The second kappa shape index (κ2) is 5.05. The number of halogens is 3. The van der Waals surface area contributed by atoms with Gasteiger partial charge in [0, 0.05) is 11.1 Å². The van der Waals surface area contributed by atoms with Gasteiger partial charge in [0.05, 0.1) is 5.69 Å². The number of hydrogen-bond acceptors (Lipinski definition) is 2. The lowest BCUT2D eigenvalue weighted by Gasteiger charge is -2.08. The van der Waals surface area contributed by atoms with Gasteiger partial charge >= 0.3 is 6.18 Å². The number of aryl methyl sites for hydroxylation is 1. The van der Waals surface area contributed by atoms with Crippen LogP contribution in [0.5, 0.6) is 0 Å². The molecule has 1 aromatic heterocycles. The largest absolute Gasteiger partial charge is 0.433 e. The molecule has 0 saturated carbocycles. The first-order valence-electron chi connectivity index (χ1n) is 5.85. The highest BCUT2D eigenvalue weighted by atomic mass is 19.4. The van der Waals surface area contributed by atoms with E-state index < -0.39 is 11.9 Å². The number of aromatic amines is 1. The van der Waals surface area contributed by atoms with Gasteiger partial charge in [0.2, 0.25) is 0 Å². The van der Waals surface area contributed by atoms with Crippen LogP contribution in [0.3, 0.4) is 0 Å². The highest BCUT2D eigenvalue weighted by molar-refractivity contribution is 5.64. The second-order valence-corrected chi connectivity index (χ2v) is 4.33. The molecule has 0 atom stereocenters. The molecule has 0 spiro atoms. The number of rotatable bonds is 3. The quantitative estimate of drug-likeness (QED) is 0.900. The van der Waals surface area contributed by atoms with Crippen molar-refractivity contribution in [3.8, 4) is 11.3 Å². The summed E-state index contributed by atoms with van der Waals surface area (Å²) in [6, 6.07) is 7.18. The summed E-state index contributed by atoms with van der Waals surface area (Å²) in [6.07, 6.45) is -4.31. The Bertz CT molecular complexity index is 556. The minimum Gasteiger partial charge on any atom is -0.330 e. The third-order valence-electron chi connectivity index (χ3n) is 2.87. The van der Waals surface area contributed by atoms with Crippen LogP contribution < -0.4 is 5.73 Å². The van der Waals surface area contributed by atoms with Crippen LogP contribution >= 0.6 is 0 Å². The zero-order chi connectivity index (χ0) is 14.0. The number of hydrogen-bond donors (Lipinski definition) is 2. The van der Waals surface area contributed by atoms with Crippen molar-refractivity contribution in [2.45, 2.75) is 19.5 Å². The Morgan fingerprint density at radius 1 is 1.21 bits per heavy atom. The summed E-state index contributed by atoms with van der Waals surface area (Å²) < 4.78 is 38.6. The smallest absolute Gasteiger partial charge is 0.330 e. The molecule has 19 heavy (non-hydrogen) atoms. The number of nitrogens with two attached hydrogens (primary N) is 1. The van der Waals surface area contributed by atoms with Crippen LogP contribution in [0.15, 0.2) is 24.3 Å². The molecule has 0 bridgehead atoms. The summed E-state index contributed by atoms with van der Waals surface area (Å²) in [7, 11) is 0. The van der Waals surface area contributed by atoms with E-state index >= 15 is 0 Å². The molecule has 0 aliphatic heterocycles. The van der Waals surface area contributed by atoms with E-state index in [0.29, 0.717) is 11.3 Å². The number of benzene rings is 1. The van der Waals surface area contributed by atoms with Gasteiger partial charge in [0.25, 0.3) is 0 Å². The standard InChI is InChI=1S/C13H14F3N3/c1-8-2-4-9(5-3-8)11-10(6-7-17)12(19-18-11)13(14,15)16/h2-5H,6-7,17H2,1H3,(H,18,19). The van der Waals surface area contributed by atoms with Crippen LogP contribution in [0.1, 0.15) is 16.8 Å². The van der Waals surface area contributed by atoms with Gasteiger partial charge in [-0.25, -0.2) is 0 Å². The molecule has 6 heteroatoms. The molecule has 0 unspecified atom stereocenters. The molecule has 1 heterocycles. The summed E-state index contributed by atoms with van der Waals surface area (Å²) >= 11 is 0. The van der Waals surface area contributed by atoms with Gasteiger partial charge in [-0.15, -0.1) is 0 Å². The van der Waals surface area contributed by atoms with Gasteiger partial charge < -0.3 is 5.73 Å². The minimum absolute atomic E-state index is 0.124. The predicted molar refractivity (Wildman–Crippen MR) is 66.5 cm³/mol. The molecule has 102 valence electrons. The van der Waals surface area contributed by atoms with E-state index in [0.717, 1.165) is 5.56 Å². The first-order chi connectivity index (χ1) is 8.93. The van der Waals surface area contributed by atoms with Crippen molar-refractivity contribution >= 4 is 0 Å². The molecule has 2 aromatic rings. The Kier molecular flexibility index (Phi) is 3.61. The Balaban J connectivity index is 2.51. The van der Waals surface area contributed by atoms with Gasteiger partial charge in [-0.1, -0.05) is 29.8 Å². The maximum Gasteiger partial charge on any atom is 0.433 e. The molecular weight excluding hydrogens is 255 g/mol. The Morgan fingerprint density at radius 3 is 2.37 bits per heavy atom. The van der Waals surface area contributed by atoms with Crippen molar-refractivity contribution < 1.29 is 13.2 Å². The lowest BCUT2D eigenvalue weighted by Crippen LogP contribution is -2.12. The first kappa shape index (κ1) is 13.6. The molecule has 2 rings (SSSR count). The van der Waals surface area contributed by atoms with Gasteiger partial charge in [-0.05, 0) is 19.9 Å². The zero-order valence-electron chi connectivity index (χ0n) is 10.4. The summed E-state index contributed by atoms with van der Waals surface area (Å²) in [4.78, 5) is 0. The third-order valence-corrected chi connectivity index (χ3v) is 2.87. The van der Waals surface area contributed by atoms with Gasteiger partial charge in [-0.2, -0.15) is 18.3 Å². The average Bonchev–Trinajstić information content (AvgIpc) is 2.74. The summed E-state index contributed by atoms with van der Waals surface area (Å²) in [6.45, 7) is 2.05. The maximum atomic E-state index is 12.9. The highest BCUT2D eigenvalue weighted by Crippen LogP contribution is 2.35. The van der Waals surface area contributed by atoms with Crippen molar-refractivity contribution in [1.82, 2.24) is 10.2 Å². The van der Waals surface area contributed by atoms with Crippen LogP contribution in [-0.2, 0) is 12.6 Å². The van der Waals surface area contributed by atoms with Gasteiger partial charge in [0.15, 0.2) is 0 Å². The van der Waals surface area contributed by atoms with Crippen molar-refractivity contribution in [3.63, 3.8) is 0 Å². The van der Waals surface area contributed by atoms with Crippen LogP contribution in [0.25, 0.3) is 11.3 Å². The number of nitrogens with zero attached hydrogens (tertiary/aromatic N) is 1. The number of alkyl halides is 3. The summed E-state index contributed by atoms with van der Waals surface area (Å²) in [5.41, 5.74) is 6.71. The number of nitrogens with one attached hydrogen (secondary N) is 1. The van der Waals surface area contributed by atoms with E-state index in [-0.39, 0.29) is 18.5 Å². The molecular formula is C13H14F3N3. The lowest BCUT2D eigenvalue weighted by molar-refractivity contribution is -0.141. The van der Waals surface area contributed by atoms with E-state index in [1.807, 2.05) is 19.1 Å². The fraction of sp³-hybridized carbons (Fsp3) is 0.308. The van der Waals surface area contributed by atoms with Crippen LogP contribution in [0.4, 0.5) is 13.2 Å². The number of aromatic nitrogens is 2. The fourth-order valence-electron chi connectivity index (χ4n) is 1.94. The molecule has 0 fully saturated rings. The maximum absolute atomic E-state index is 12.9. The summed E-state index contributed by atoms with van der Waals surface area (Å²) in [5.74, 6) is 0. The molecule has 0 radical (unpaired) electrons. The van der Waals surface area contributed by atoms with Crippen molar-refractivity contribution in [1.29, 1.82) is 0 Å². The first-order valence-corrected chi connectivity index (χ1v) is 5.85. The average molecular weight is 269 g/mol. The van der Waals surface area contributed by atoms with E-state index in [1.165, 1.54) is 0 Å². The summed E-state index contributed by atoms with van der Waals surface area (Å²) in [5, 5.41) is 5.88. The molecule has 1 aromatic carbocycles. The van der Waals surface area contributed by atoms with E-state index in [4.69, 9.17) is 5.73 Å². The lowest BCUT2D eigenvalue weighted by atomic mass is 10.0. The van der Waals surface area contributed by atoms with E-state index in [1.54, 1.807) is 12.1 Å². The van der Waals surface area contributed by atoms with Crippen molar-refractivity contribution in [2.75, 3.05) is 6.54 Å². The van der Waals surface area contributed by atoms with Crippen LogP contribution in [0.2, 0.25) is 0 Å². The second-order valence-electron chi connectivity index (χ2n) is 4.33. The van der Waals surface area contributed by atoms with Gasteiger partial charge in [0.1, 0.15) is 5.69 Å². The molecule has 0 amide bonds. The van der Waals surface area contributed by atoms with Crippen LogP contribution in [0, 0.1) is 6.92 Å². The molecule has 3 N–H and O–H groups in total. The predicted octanol–water partition coefficient (Wildman–Crippen LogP) is 2.91. The SMILES string of the molecule is Cc1ccc(-c2n[nH]c(C(F)(F)F)c2CCN)cc1. The zero-order valence-corrected chi connectivity index (χ0v) is 10.4. The Morgan fingerprint density at radius 2 is 1.84 bits per heavy atom. The molecule has 0 saturated heterocycles. The normalized spacial score (nSPS) is 11.8. The minimum atomic E-state index is -4.44. The van der Waals surface area contributed by atoms with Crippen molar-refractivity contribution in [2.24, 2.45) is 5.73 Å².